The first-order valence-electron chi connectivity index (χ1n) is 12.8. The molecule has 198 valence electrons. The summed E-state index contributed by atoms with van der Waals surface area (Å²) in [5, 5.41) is 15.6. The van der Waals surface area contributed by atoms with Crippen LogP contribution in [-0.2, 0) is 9.59 Å². The highest BCUT2D eigenvalue weighted by atomic mass is 79.9. The van der Waals surface area contributed by atoms with Crippen LogP contribution < -0.4 is 16.4 Å². The highest BCUT2D eigenvalue weighted by molar-refractivity contribution is 9.10. The Kier molecular flexibility index (Phi) is 9.70. The number of likely N-dealkylation sites (tertiary alicyclic amines) is 1. The number of hydrogen-bond acceptors (Lipinski definition) is 5. The van der Waals surface area contributed by atoms with E-state index in [9.17, 15) is 14.7 Å². The molecule has 0 spiro atoms. The Labute approximate surface area is 231 Å². The molecule has 0 aliphatic carbocycles. The Morgan fingerprint density at radius 2 is 1.79 bits per heavy atom. The number of carbonyl (C=O) groups is 2. The van der Waals surface area contributed by atoms with Gasteiger partial charge in [0.1, 0.15) is 0 Å². The van der Waals surface area contributed by atoms with Crippen molar-refractivity contribution in [3.05, 3.63) is 94.5 Å². The van der Waals surface area contributed by atoms with E-state index in [1.54, 1.807) is 18.2 Å². The molecule has 38 heavy (non-hydrogen) atoms. The fourth-order valence-electron chi connectivity index (χ4n) is 4.54. The molecule has 3 aromatic carbocycles. The summed E-state index contributed by atoms with van der Waals surface area (Å²) in [5.74, 6) is -0.656. The monoisotopic (exact) mass is 576 g/mol. The van der Waals surface area contributed by atoms with Crippen molar-refractivity contribution in [3.8, 4) is 0 Å². The molecule has 3 aromatic rings. The number of nitrogen functional groups attached to an aromatic ring is 1. The van der Waals surface area contributed by atoms with Crippen LogP contribution in [0.25, 0.3) is 6.08 Å². The minimum absolute atomic E-state index is 0.0584. The minimum Gasteiger partial charge on any atom is -0.397 e. The lowest BCUT2D eigenvalue weighted by Crippen LogP contribution is -2.25. The molecule has 4 rings (SSSR count). The van der Waals surface area contributed by atoms with Crippen molar-refractivity contribution in [2.45, 2.75) is 31.3 Å². The predicted molar refractivity (Wildman–Crippen MR) is 157 cm³/mol. The Hall–Kier alpha value is -3.46. The van der Waals surface area contributed by atoms with Gasteiger partial charge in [-0.2, -0.15) is 0 Å². The van der Waals surface area contributed by atoms with Gasteiger partial charge in [-0.05, 0) is 79.4 Å². The number of para-hydroxylation sites is 2. The molecule has 2 atom stereocenters. The predicted octanol–water partition coefficient (Wildman–Crippen LogP) is 5.25. The third-order valence-corrected chi connectivity index (χ3v) is 7.16. The van der Waals surface area contributed by atoms with E-state index in [1.165, 1.54) is 6.08 Å². The molecule has 0 saturated carbocycles. The first kappa shape index (κ1) is 27.6. The van der Waals surface area contributed by atoms with Crippen LogP contribution in [0.15, 0.2) is 83.3 Å². The standard InChI is InChI=1S/C30H33BrN4O3/c31-23-12-14-24(15-13-23)33-30(38)26(4-3-18-35-19-17-25(36)20-35)22-10-7-21(8-11-22)9-16-29(37)34-28-6-2-1-5-27(28)32/h1-2,5-16,25-26,36H,3-4,17-20,32H2,(H,33,38)(H,34,37). The number of nitrogens with two attached hydrogens (primary N) is 1. The molecule has 2 unspecified atom stereocenters. The van der Waals surface area contributed by atoms with E-state index in [2.05, 4.69) is 31.5 Å². The van der Waals surface area contributed by atoms with Crippen molar-refractivity contribution in [2.75, 3.05) is 36.0 Å². The van der Waals surface area contributed by atoms with E-state index in [0.717, 1.165) is 47.2 Å². The highest BCUT2D eigenvalue weighted by Crippen LogP contribution is 2.26. The second-order valence-corrected chi connectivity index (χ2v) is 10.4. The molecule has 7 nitrogen and oxygen atoms in total. The third-order valence-electron chi connectivity index (χ3n) is 6.63. The zero-order valence-electron chi connectivity index (χ0n) is 21.1. The maximum absolute atomic E-state index is 13.3. The van der Waals surface area contributed by atoms with E-state index >= 15 is 0 Å². The van der Waals surface area contributed by atoms with Crippen LogP contribution in [0.5, 0.6) is 0 Å². The highest BCUT2D eigenvalue weighted by Gasteiger charge is 2.23. The number of β-amino-alcohol motifs (C(OH)–C–C–N with tert-alkyl or cyclic N) is 1. The molecule has 2 amide bonds. The van der Waals surface area contributed by atoms with Gasteiger partial charge in [0.15, 0.2) is 0 Å². The number of halogens is 1. The number of amides is 2. The van der Waals surface area contributed by atoms with Crippen LogP contribution in [0, 0.1) is 0 Å². The van der Waals surface area contributed by atoms with Gasteiger partial charge in [0.2, 0.25) is 11.8 Å². The van der Waals surface area contributed by atoms with Crippen LogP contribution in [0.4, 0.5) is 17.1 Å². The van der Waals surface area contributed by atoms with Gasteiger partial charge >= 0.3 is 0 Å². The maximum atomic E-state index is 13.3. The van der Waals surface area contributed by atoms with Crippen LogP contribution in [0.2, 0.25) is 0 Å². The zero-order valence-corrected chi connectivity index (χ0v) is 22.7. The normalized spacial score (nSPS) is 16.4. The van der Waals surface area contributed by atoms with Crippen LogP contribution >= 0.6 is 15.9 Å². The van der Waals surface area contributed by atoms with Crippen molar-refractivity contribution < 1.29 is 14.7 Å². The second kappa shape index (κ2) is 13.4. The first-order chi connectivity index (χ1) is 18.4. The number of nitrogens with one attached hydrogen (secondary N) is 2. The van der Waals surface area contributed by atoms with Gasteiger partial charge in [-0.1, -0.05) is 52.3 Å². The molecule has 0 bridgehead atoms. The molecule has 1 fully saturated rings. The van der Waals surface area contributed by atoms with Crippen molar-refractivity contribution >= 4 is 50.9 Å². The summed E-state index contributed by atoms with van der Waals surface area (Å²) in [6, 6.07) is 22.3. The number of nitrogens with zero attached hydrogens (tertiary/aromatic N) is 1. The lowest BCUT2D eigenvalue weighted by molar-refractivity contribution is -0.117. The third kappa shape index (κ3) is 8.02. The fourth-order valence-corrected chi connectivity index (χ4v) is 4.81. The molecule has 1 saturated heterocycles. The van der Waals surface area contributed by atoms with E-state index in [0.29, 0.717) is 24.3 Å². The number of benzene rings is 3. The van der Waals surface area contributed by atoms with E-state index in [1.807, 2.05) is 60.7 Å². The number of aliphatic hydroxyl groups is 1. The quantitative estimate of drug-likeness (QED) is 0.195. The van der Waals surface area contributed by atoms with Crippen molar-refractivity contribution in [1.29, 1.82) is 0 Å². The zero-order chi connectivity index (χ0) is 26.9. The molecule has 0 radical (unpaired) electrons. The van der Waals surface area contributed by atoms with Crippen molar-refractivity contribution in [2.24, 2.45) is 0 Å². The summed E-state index contributed by atoms with van der Waals surface area (Å²) in [5.41, 5.74) is 9.48. The number of rotatable bonds is 10. The fraction of sp³-hybridized carbons (Fsp3) is 0.267. The topological polar surface area (TPSA) is 108 Å². The van der Waals surface area contributed by atoms with Gasteiger partial charge in [-0.25, -0.2) is 0 Å². The summed E-state index contributed by atoms with van der Waals surface area (Å²) in [6.45, 7) is 2.44. The Morgan fingerprint density at radius 1 is 1.05 bits per heavy atom. The average molecular weight is 578 g/mol. The van der Waals surface area contributed by atoms with Crippen molar-refractivity contribution in [1.82, 2.24) is 4.90 Å². The second-order valence-electron chi connectivity index (χ2n) is 9.51. The average Bonchev–Trinajstić information content (AvgIpc) is 3.33. The lowest BCUT2D eigenvalue weighted by atomic mass is 9.92. The van der Waals surface area contributed by atoms with Gasteiger partial charge in [-0.15, -0.1) is 0 Å². The van der Waals surface area contributed by atoms with Crippen LogP contribution in [0.1, 0.15) is 36.3 Å². The molecule has 0 aromatic heterocycles. The largest absolute Gasteiger partial charge is 0.397 e. The summed E-state index contributed by atoms with van der Waals surface area (Å²) < 4.78 is 0.949. The van der Waals surface area contributed by atoms with Gasteiger partial charge in [-0.3, -0.25) is 9.59 Å². The van der Waals surface area contributed by atoms with Gasteiger partial charge in [0.05, 0.1) is 23.4 Å². The van der Waals surface area contributed by atoms with Crippen LogP contribution in [-0.4, -0.2) is 47.6 Å². The summed E-state index contributed by atoms with van der Waals surface area (Å²) in [7, 11) is 0. The molecule has 8 heteroatoms. The van der Waals surface area contributed by atoms with E-state index < -0.39 is 0 Å². The lowest BCUT2D eigenvalue weighted by Gasteiger charge is -2.20. The molecule has 1 aliphatic rings. The molecule has 5 N–H and O–H groups in total. The SMILES string of the molecule is Nc1ccccc1NC(=O)C=Cc1ccc(C(CCCN2CCC(O)C2)C(=O)Nc2ccc(Br)cc2)cc1. The summed E-state index contributed by atoms with van der Waals surface area (Å²) in [4.78, 5) is 27.9. The first-order valence-corrected chi connectivity index (χ1v) is 13.6. The van der Waals surface area contributed by atoms with Gasteiger partial charge in [0.25, 0.3) is 0 Å². The van der Waals surface area contributed by atoms with Gasteiger partial charge < -0.3 is 26.4 Å². The van der Waals surface area contributed by atoms with Gasteiger partial charge in [0, 0.05) is 29.3 Å². The molecular formula is C30H33BrN4O3. The Morgan fingerprint density at radius 3 is 2.47 bits per heavy atom. The smallest absolute Gasteiger partial charge is 0.248 e. The van der Waals surface area contributed by atoms with Crippen LogP contribution in [0.3, 0.4) is 0 Å². The molecule has 1 heterocycles. The molecule has 1 aliphatic heterocycles. The summed E-state index contributed by atoms with van der Waals surface area (Å²) in [6.07, 6.45) is 5.27. The number of hydrogen-bond donors (Lipinski definition) is 4. The molecular weight excluding hydrogens is 544 g/mol. The maximum Gasteiger partial charge on any atom is 0.248 e. The number of aliphatic hydroxyl groups excluding tert-OH is 1. The Balaban J connectivity index is 1.41. The van der Waals surface area contributed by atoms with E-state index in [4.69, 9.17) is 5.73 Å². The number of anilines is 3. The Bertz CT molecular complexity index is 1260. The van der Waals surface area contributed by atoms with Crippen molar-refractivity contribution in [3.63, 3.8) is 0 Å². The minimum atomic E-state index is -0.325. The summed E-state index contributed by atoms with van der Waals surface area (Å²) >= 11 is 3.42. The van der Waals surface area contributed by atoms with E-state index in [-0.39, 0.29) is 23.8 Å². The number of carbonyl (C=O) groups excluding carboxylic acids is 2.